The van der Waals surface area contributed by atoms with Crippen molar-refractivity contribution >= 4 is 18.0 Å². The first kappa shape index (κ1) is 21.5. The summed E-state index contributed by atoms with van der Waals surface area (Å²) in [6, 6.07) is 7.30. The lowest BCUT2D eigenvalue weighted by Gasteiger charge is -2.24. The topological polar surface area (TPSA) is 105 Å². The van der Waals surface area contributed by atoms with E-state index >= 15 is 0 Å². The summed E-state index contributed by atoms with van der Waals surface area (Å²) in [5.41, 5.74) is 0.830. The van der Waals surface area contributed by atoms with Crippen LogP contribution >= 0.6 is 0 Å². The molecule has 0 bridgehead atoms. The van der Waals surface area contributed by atoms with Gasteiger partial charge in [0.2, 0.25) is 5.91 Å². The normalized spacial score (nSPS) is 13.2. The lowest BCUT2D eigenvalue weighted by atomic mass is 10.0. The van der Waals surface area contributed by atoms with Crippen LogP contribution in [0, 0.1) is 11.8 Å². The number of carboxylic acids is 1. The molecule has 0 aromatic heterocycles. The van der Waals surface area contributed by atoms with Crippen molar-refractivity contribution in [1.29, 1.82) is 0 Å². The Morgan fingerprint density at radius 2 is 1.65 bits per heavy atom. The number of nitrogens with one attached hydrogen (secondary N) is 2. The number of carbonyl (C=O) groups is 3. The minimum atomic E-state index is -1.10. The molecule has 2 atom stereocenters. The number of aliphatic carboxylic acids is 1. The molecule has 0 aliphatic heterocycles. The minimum Gasteiger partial charge on any atom is -0.480 e. The Bertz CT molecular complexity index is 601. The quantitative estimate of drug-likeness (QED) is 0.625. The Kier molecular flexibility index (Phi) is 8.61. The van der Waals surface area contributed by atoms with E-state index < -0.39 is 30.1 Å². The van der Waals surface area contributed by atoms with E-state index in [0.717, 1.165) is 5.56 Å². The lowest BCUT2D eigenvalue weighted by Crippen LogP contribution is -2.54. The second-order valence-corrected chi connectivity index (χ2v) is 6.96. The molecule has 3 N–H and O–H groups in total. The van der Waals surface area contributed by atoms with Gasteiger partial charge in [0, 0.05) is 0 Å². The molecular weight excluding hydrogens is 336 g/mol. The Hall–Kier alpha value is -2.57. The molecule has 0 saturated carbocycles. The van der Waals surface area contributed by atoms with Gasteiger partial charge in [-0.05, 0) is 23.8 Å². The summed E-state index contributed by atoms with van der Waals surface area (Å²) in [5.74, 6) is -1.75. The standard InChI is InChI=1S/C19H28N2O5/c1-12(2)10-15(18(23)24)20-17(22)16(13(3)4)21-19(25)26-11-14-8-6-5-7-9-14/h5-9,12-13,15-16H,10-11H2,1-4H3,(H,20,22)(H,21,25)(H,23,24). The molecule has 1 rings (SSSR count). The summed E-state index contributed by atoms with van der Waals surface area (Å²) in [7, 11) is 0. The van der Waals surface area contributed by atoms with Gasteiger partial charge < -0.3 is 20.5 Å². The highest BCUT2D eigenvalue weighted by Gasteiger charge is 2.29. The molecule has 7 heteroatoms. The monoisotopic (exact) mass is 364 g/mol. The first-order valence-electron chi connectivity index (χ1n) is 8.71. The van der Waals surface area contributed by atoms with Crippen molar-refractivity contribution in [2.24, 2.45) is 11.8 Å². The van der Waals surface area contributed by atoms with Crippen molar-refractivity contribution in [3.8, 4) is 0 Å². The van der Waals surface area contributed by atoms with Crippen LogP contribution in [0.5, 0.6) is 0 Å². The van der Waals surface area contributed by atoms with Crippen molar-refractivity contribution in [3.05, 3.63) is 35.9 Å². The van der Waals surface area contributed by atoms with Crippen LogP contribution in [0.2, 0.25) is 0 Å². The number of hydrogen-bond donors (Lipinski definition) is 3. The molecule has 0 spiro atoms. The largest absolute Gasteiger partial charge is 0.480 e. The number of carbonyl (C=O) groups excluding carboxylic acids is 2. The van der Waals surface area contributed by atoms with Crippen LogP contribution in [0.25, 0.3) is 0 Å². The smallest absolute Gasteiger partial charge is 0.408 e. The van der Waals surface area contributed by atoms with Gasteiger partial charge in [0.25, 0.3) is 0 Å². The van der Waals surface area contributed by atoms with Crippen molar-refractivity contribution in [2.75, 3.05) is 0 Å². The molecule has 2 amide bonds. The highest BCUT2D eigenvalue weighted by Crippen LogP contribution is 2.08. The van der Waals surface area contributed by atoms with Crippen LogP contribution in [0.15, 0.2) is 30.3 Å². The van der Waals surface area contributed by atoms with E-state index in [1.54, 1.807) is 13.8 Å². The number of alkyl carbamates (subject to hydrolysis) is 1. The molecule has 7 nitrogen and oxygen atoms in total. The van der Waals surface area contributed by atoms with E-state index in [2.05, 4.69) is 10.6 Å². The maximum Gasteiger partial charge on any atom is 0.408 e. The Morgan fingerprint density at radius 1 is 1.04 bits per heavy atom. The van der Waals surface area contributed by atoms with Crippen molar-refractivity contribution in [2.45, 2.75) is 52.8 Å². The Balaban J connectivity index is 2.64. The van der Waals surface area contributed by atoms with Crippen LogP contribution in [0.1, 0.15) is 39.7 Å². The van der Waals surface area contributed by atoms with Crippen LogP contribution < -0.4 is 10.6 Å². The summed E-state index contributed by atoms with van der Waals surface area (Å²) in [6.45, 7) is 7.37. The fourth-order valence-electron chi connectivity index (χ4n) is 2.38. The van der Waals surface area contributed by atoms with Gasteiger partial charge >= 0.3 is 12.1 Å². The SMILES string of the molecule is CC(C)CC(NC(=O)C(NC(=O)OCc1ccccc1)C(C)C)C(=O)O. The fraction of sp³-hybridized carbons (Fsp3) is 0.526. The van der Waals surface area contributed by atoms with Gasteiger partial charge in [0.05, 0.1) is 0 Å². The maximum atomic E-state index is 12.4. The van der Waals surface area contributed by atoms with Gasteiger partial charge in [-0.15, -0.1) is 0 Å². The molecule has 0 heterocycles. The maximum absolute atomic E-state index is 12.4. The molecule has 2 unspecified atom stereocenters. The zero-order valence-corrected chi connectivity index (χ0v) is 15.7. The molecule has 0 radical (unpaired) electrons. The zero-order valence-electron chi connectivity index (χ0n) is 15.7. The van der Waals surface area contributed by atoms with Gasteiger partial charge in [0.15, 0.2) is 0 Å². The first-order chi connectivity index (χ1) is 12.2. The molecule has 1 aromatic carbocycles. The molecular formula is C19H28N2O5. The van der Waals surface area contributed by atoms with Gasteiger partial charge in [-0.3, -0.25) is 4.79 Å². The summed E-state index contributed by atoms with van der Waals surface area (Å²) < 4.78 is 5.13. The number of benzene rings is 1. The van der Waals surface area contributed by atoms with Crippen LogP contribution in [0.4, 0.5) is 4.79 Å². The van der Waals surface area contributed by atoms with E-state index in [-0.39, 0.29) is 18.4 Å². The molecule has 1 aromatic rings. The average molecular weight is 364 g/mol. The summed E-state index contributed by atoms with van der Waals surface area (Å²) in [5, 5.41) is 14.3. The molecule has 144 valence electrons. The minimum absolute atomic E-state index is 0.0875. The zero-order chi connectivity index (χ0) is 19.7. The average Bonchev–Trinajstić information content (AvgIpc) is 2.57. The number of amides is 2. The highest BCUT2D eigenvalue weighted by atomic mass is 16.5. The molecule has 0 aliphatic carbocycles. The molecule has 0 saturated heterocycles. The van der Waals surface area contributed by atoms with Gasteiger partial charge in [0.1, 0.15) is 18.7 Å². The van der Waals surface area contributed by atoms with Crippen molar-refractivity contribution < 1.29 is 24.2 Å². The van der Waals surface area contributed by atoms with Crippen LogP contribution in [-0.4, -0.2) is 35.2 Å². The fourth-order valence-corrected chi connectivity index (χ4v) is 2.38. The molecule has 26 heavy (non-hydrogen) atoms. The van der Waals surface area contributed by atoms with Gasteiger partial charge in [-0.25, -0.2) is 9.59 Å². The van der Waals surface area contributed by atoms with E-state index in [1.807, 2.05) is 44.2 Å². The van der Waals surface area contributed by atoms with Crippen molar-refractivity contribution in [3.63, 3.8) is 0 Å². The summed E-state index contributed by atoms with van der Waals surface area (Å²) >= 11 is 0. The Labute approximate surface area is 154 Å². The van der Waals surface area contributed by atoms with Gasteiger partial charge in [-0.1, -0.05) is 58.0 Å². The summed E-state index contributed by atoms with van der Waals surface area (Å²) in [4.78, 5) is 35.8. The lowest BCUT2D eigenvalue weighted by molar-refractivity contribution is -0.142. The molecule has 0 aliphatic rings. The van der Waals surface area contributed by atoms with Crippen LogP contribution in [0.3, 0.4) is 0 Å². The van der Waals surface area contributed by atoms with E-state index in [1.165, 1.54) is 0 Å². The predicted molar refractivity (Wildman–Crippen MR) is 97.4 cm³/mol. The van der Waals surface area contributed by atoms with E-state index in [0.29, 0.717) is 6.42 Å². The number of ether oxygens (including phenoxy) is 1. The first-order valence-corrected chi connectivity index (χ1v) is 8.71. The number of hydrogen-bond acceptors (Lipinski definition) is 4. The third-order valence-corrected chi connectivity index (χ3v) is 3.76. The number of carboxylic acid groups (broad SMARTS) is 1. The third-order valence-electron chi connectivity index (χ3n) is 3.76. The second-order valence-electron chi connectivity index (χ2n) is 6.96. The van der Waals surface area contributed by atoms with Gasteiger partial charge in [-0.2, -0.15) is 0 Å². The second kappa shape index (κ2) is 10.4. The highest BCUT2D eigenvalue weighted by molar-refractivity contribution is 5.89. The van der Waals surface area contributed by atoms with Crippen LogP contribution in [-0.2, 0) is 20.9 Å². The molecule has 0 fully saturated rings. The summed E-state index contributed by atoms with van der Waals surface area (Å²) in [6.07, 6.45) is -0.414. The van der Waals surface area contributed by atoms with Crippen molar-refractivity contribution in [1.82, 2.24) is 10.6 Å². The number of rotatable bonds is 9. The Morgan fingerprint density at radius 3 is 2.15 bits per heavy atom. The predicted octanol–water partition coefficient (Wildman–Crippen LogP) is 2.55. The van der Waals surface area contributed by atoms with E-state index in [9.17, 15) is 19.5 Å². The van der Waals surface area contributed by atoms with E-state index in [4.69, 9.17) is 4.74 Å². The third kappa shape index (κ3) is 7.55.